The minimum Gasteiger partial charge on any atom is -0.500 e. The monoisotopic (exact) mass is 327 g/mol. The van der Waals surface area contributed by atoms with Gasteiger partial charge < -0.3 is 14.2 Å². The van der Waals surface area contributed by atoms with Crippen LogP contribution in [0.3, 0.4) is 0 Å². The second kappa shape index (κ2) is 5.40. The number of hydrogen-bond donors (Lipinski definition) is 0. The Labute approximate surface area is 143 Å². The number of methoxy groups -OCH3 is 2. The zero-order valence-corrected chi connectivity index (χ0v) is 15.3. The van der Waals surface area contributed by atoms with E-state index in [0.29, 0.717) is 12.5 Å². The van der Waals surface area contributed by atoms with Crippen LogP contribution in [0.15, 0.2) is 35.5 Å². The van der Waals surface area contributed by atoms with Crippen LogP contribution in [0.5, 0.6) is 5.75 Å². The third-order valence-electron chi connectivity index (χ3n) is 4.83. The van der Waals surface area contributed by atoms with E-state index >= 15 is 0 Å². The van der Waals surface area contributed by atoms with Gasteiger partial charge in [-0.2, -0.15) is 0 Å². The number of aryl methyl sites for hydroxylation is 1. The molecule has 2 aliphatic rings. The standard InChI is InChI=1S/C20H25NO3/c1-12-9-17(23-7)20(5,18-21-19(3,4)11-24-18)15-10-16(22-6)13(2)8-14(12)15/h8-10H,1,11H2,2-7H3. The average molecular weight is 327 g/mol. The molecule has 1 aliphatic heterocycles. The molecule has 0 spiro atoms. The number of ether oxygens (including phenoxy) is 3. The predicted molar refractivity (Wildman–Crippen MR) is 96.7 cm³/mol. The van der Waals surface area contributed by atoms with Gasteiger partial charge in [0.2, 0.25) is 5.90 Å². The molecule has 1 aromatic rings. The van der Waals surface area contributed by atoms with E-state index < -0.39 is 5.41 Å². The average Bonchev–Trinajstić information content (AvgIpc) is 2.91. The molecule has 0 aromatic heterocycles. The Morgan fingerprint density at radius 2 is 1.88 bits per heavy atom. The van der Waals surface area contributed by atoms with E-state index in [-0.39, 0.29) is 5.54 Å². The highest BCUT2D eigenvalue weighted by Crippen LogP contribution is 2.47. The summed E-state index contributed by atoms with van der Waals surface area (Å²) in [5.74, 6) is 2.30. The molecule has 3 rings (SSSR count). The molecule has 1 heterocycles. The fourth-order valence-corrected chi connectivity index (χ4v) is 3.42. The first-order chi connectivity index (χ1) is 11.2. The fraction of sp³-hybridized carbons (Fsp3) is 0.450. The highest BCUT2D eigenvalue weighted by Gasteiger charge is 2.47. The van der Waals surface area contributed by atoms with E-state index in [0.717, 1.165) is 33.8 Å². The quantitative estimate of drug-likeness (QED) is 0.841. The van der Waals surface area contributed by atoms with Gasteiger partial charge in [-0.1, -0.05) is 6.58 Å². The molecule has 1 aliphatic carbocycles. The van der Waals surface area contributed by atoms with Crippen molar-refractivity contribution in [2.24, 2.45) is 4.99 Å². The van der Waals surface area contributed by atoms with Gasteiger partial charge in [-0.3, -0.25) is 0 Å². The highest BCUT2D eigenvalue weighted by atomic mass is 16.5. The van der Waals surface area contributed by atoms with Crippen LogP contribution in [0, 0.1) is 6.92 Å². The van der Waals surface area contributed by atoms with Crippen LogP contribution in [-0.2, 0) is 14.9 Å². The zero-order chi connectivity index (χ0) is 17.7. The lowest BCUT2D eigenvalue weighted by atomic mass is 9.72. The number of allylic oxidation sites excluding steroid dienone is 2. The van der Waals surface area contributed by atoms with Crippen LogP contribution < -0.4 is 4.74 Å². The second-order valence-corrected chi connectivity index (χ2v) is 7.25. The smallest absolute Gasteiger partial charge is 0.202 e. The van der Waals surface area contributed by atoms with Crippen molar-refractivity contribution in [2.75, 3.05) is 20.8 Å². The maximum absolute atomic E-state index is 6.00. The lowest BCUT2D eigenvalue weighted by molar-refractivity contribution is 0.221. The molecule has 0 saturated heterocycles. The molecule has 0 radical (unpaired) electrons. The molecule has 4 heteroatoms. The van der Waals surface area contributed by atoms with E-state index in [4.69, 9.17) is 19.2 Å². The lowest BCUT2D eigenvalue weighted by Crippen LogP contribution is -2.38. The summed E-state index contributed by atoms with van der Waals surface area (Å²) in [5.41, 5.74) is 3.28. The highest BCUT2D eigenvalue weighted by molar-refractivity contribution is 5.97. The van der Waals surface area contributed by atoms with Crippen molar-refractivity contribution in [1.29, 1.82) is 0 Å². The van der Waals surface area contributed by atoms with Crippen LogP contribution in [0.2, 0.25) is 0 Å². The van der Waals surface area contributed by atoms with E-state index in [9.17, 15) is 0 Å². The van der Waals surface area contributed by atoms with Gasteiger partial charge in [-0.05, 0) is 68.2 Å². The van der Waals surface area contributed by atoms with Gasteiger partial charge in [0, 0.05) is 0 Å². The third-order valence-corrected chi connectivity index (χ3v) is 4.83. The summed E-state index contributed by atoms with van der Waals surface area (Å²) in [7, 11) is 3.36. The summed E-state index contributed by atoms with van der Waals surface area (Å²) in [6.07, 6.45) is 1.98. The van der Waals surface area contributed by atoms with Gasteiger partial charge >= 0.3 is 0 Å². The SMILES string of the molecule is C=C1C=C(OC)C(C)(C2=NC(C)(C)CO2)c2cc(OC)c(C)cc21. The van der Waals surface area contributed by atoms with Crippen molar-refractivity contribution in [3.8, 4) is 5.75 Å². The first-order valence-corrected chi connectivity index (χ1v) is 8.10. The molecule has 1 aromatic carbocycles. The predicted octanol–water partition coefficient (Wildman–Crippen LogP) is 4.03. The molecule has 0 saturated carbocycles. The zero-order valence-electron chi connectivity index (χ0n) is 15.3. The molecule has 1 atom stereocenters. The Morgan fingerprint density at radius 1 is 1.17 bits per heavy atom. The van der Waals surface area contributed by atoms with Crippen LogP contribution in [-0.4, -0.2) is 32.3 Å². The Balaban J connectivity index is 2.28. The van der Waals surface area contributed by atoms with Crippen molar-refractivity contribution >= 4 is 11.5 Å². The molecule has 0 N–H and O–H groups in total. The van der Waals surface area contributed by atoms with Crippen LogP contribution in [0.4, 0.5) is 0 Å². The maximum Gasteiger partial charge on any atom is 0.202 e. The van der Waals surface area contributed by atoms with E-state index in [1.54, 1.807) is 14.2 Å². The number of hydrogen-bond acceptors (Lipinski definition) is 4. The Hall–Kier alpha value is -2.23. The molecule has 0 fully saturated rings. The van der Waals surface area contributed by atoms with Crippen LogP contribution >= 0.6 is 0 Å². The number of rotatable bonds is 3. The van der Waals surface area contributed by atoms with Crippen molar-refractivity contribution in [1.82, 2.24) is 0 Å². The van der Waals surface area contributed by atoms with Crippen molar-refractivity contribution < 1.29 is 14.2 Å². The Kier molecular flexibility index (Phi) is 3.74. The minimum absolute atomic E-state index is 0.236. The molecule has 4 nitrogen and oxygen atoms in total. The van der Waals surface area contributed by atoms with Gasteiger partial charge in [0.15, 0.2) is 0 Å². The summed E-state index contributed by atoms with van der Waals surface area (Å²) in [4.78, 5) is 4.82. The van der Waals surface area contributed by atoms with Gasteiger partial charge in [-0.15, -0.1) is 0 Å². The first kappa shape index (κ1) is 16.6. The van der Waals surface area contributed by atoms with Gasteiger partial charge in [-0.25, -0.2) is 4.99 Å². The minimum atomic E-state index is -0.597. The van der Waals surface area contributed by atoms with Gasteiger partial charge in [0.1, 0.15) is 23.5 Å². The summed E-state index contributed by atoms with van der Waals surface area (Å²) < 4.78 is 17.3. The lowest BCUT2D eigenvalue weighted by Gasteiger charge is -2.36. The number of fused-ring (bicyclic) bond motifs is 1. The van der Waals surface area contributed by atoms with Gasteiger partial charge in [0.25, 0.3) is 0 Å². The van der Waals surface area contributed by atoms with Crippen LogP contribution in [0.1, 0.15) is 37.5 Å². The molecule has 0 amide bonds. The summed E-state index contributed by atoms with van der Waals surface area (Å²) in [5, 5.41) is 0. The largest absolute Gasteiger partial charge is 0.500 e. The maximum atomic E-state index is 6.00. The number of aliphatic imine (C=N–C) groups is 1. The van der Waals surface area contributed by atoms with Crippen molar-refractivity contribution in [3.05, 3.63) is 47.2 Å². The van der Waals surface area contributed by atoms with E-state index in [1.807, 2.05) is 13.0 Å². The van der Waals surface area contributed by atoms with Crippen LogP contribution in [0.25, 0.3) is 5.57 Å². The summed E-state index contributed by atoms with van der Waals surface area (Å²) in [6.45, 7) is 13.0. The molecule has 128 valence electrons. The molecule has 1 unspecified atom stereocenters. The molecular weight excluding hydrogens is 302 g/mol. The number of benzene rings is 1. The third kappa shape index (κ3) is 2.32. The summed E-state index contributed by atoms with van der Waals surface area (Å²) in [6, 6.07) is 4.16. The van der Waals surface area contributed by atoms with Crippen molar-refractivity contribution in [3.63, 3.8) is 0 Å². The fourth-order valence-electron chi connectivity index (χ4n) is 3.42. The molecule has 0 bridgehead atoms. The topological polar surface area (TPSA) is 40.0 Å². The van der Waals surface area contributed by atoms with E-state index in [2.05, 4.69) is 39.5 Å². The number of nitrogens with zero attached hydrogens (tertiary/aromatic N) is 1. The Morgan fingerprint density at radius 3 is 2.42 bits per heavy atom. The molecular formula is C20H25NO3. The van der Waals surface area contributed by atoms with Gasteiger partial charge in [0.05, 0.1) is 19.8 Å². The normalized spacial score (nSPS) is 24.7. The van der Waals surface area contributed by atoms with Crippen molar-refractivity contribution in [2.45, 2.75) is 38.6 Å². The first-order valence-electron chi connectivity index (χ1n) is 8.10. The van der Waals surface area contributed by atoms with E-state index in [1.165, 1.54) is 0 Å². The summed E-state index contributed by atoms with van der Waals surface area (Å²) >= 11 is 0. The second-order valence-electron chi connectivity index (χ2n) is 7.25. The Bertz CT molecular complexity index is 773. The molecule has 24 heavy (non-hydrogen) atoms.